The number of aromatic amines is 1. The predicted octanol–water partition coefficient (Wildman–Crippen LogP) is 2.53. The van der Waals surface area contributed by atoms with Gasteiger partial charge in [0.25, 0.3) is 17.4 Å². The fourth-order valence-corrected chi connectivity index (χ4v) is 4.03. The molecule has 0 fully saturated rings. The van der Waals surface area contributed by atoms with Crippen molar-refractivity contribution < 1.29 is 9.59 Å². The molecule has 0 radical (unpaired) electrons. The zero-order valence-corrected chi connectivity index (χ0v) is 17.0. The molecule has 1 aliphatic heterocycles. The van der Waals surface area contributed by atoms with Gasteiger partial charge in [0.2, 0.25) is 0 Å². The zero-order chi connectivity index (χ0) is 22.2. The van der Waals surface area contributed by atoms with Crippen LogP contribution in [0.2, 0.25) is 0 Å². The number of fused-ring (bicyclic) bond motifs is 1. The average molecular weight is 425 g/mol. The van der Waals surface area contributed by atoms with E-state index in [0.717, 1.165) is 5.56 Å². The lowest BCUT2D eigenvalue weighted by Crippen LogP contribution is -2.39. The van der Waals surface area contributed by atoms with Gasteiger partial charge in [-0.15, -0.1) is 0 Å². The number of aromatic nitrogens is 3. The molecule has 0 aliphatic carbocycles. The summed E-state index contributed by atoms with van der Waals surface area (Å²) in [5.41, 5.74) is 9.05. The summed E-state index contributed by atoms with van der Waals surface area (Å²) in [4.78, 5) is 41.8. The third-order valence-corrected chi connectivity index (χ3v) is 5.56. The number of hydrogen-bond acceptors (Lipinski definition) is 4. The Hall–Kier alpha value is -4.46. The minimum Gasteiger partial charge on any atom is -0.364 e. The number of rotatable bonds is 4. The second-order valence-corrected chi connectivity index (χ2v) is 7.45. The number of primary amides is 1. The topological polar surface area (TPSA) is 114 Å². The van der Waals surface area contributed by atoms with Gasteiger partial charge in [-0.3, -0.25) is 14.4 Å². The number of hydrogen-bond donors (Lipinski definition) is 2. The van der Waals surface area contributed by atoms with Crippen LogP contribution >= 0.6 is 0 Å². The highest BCUT2D eigenvalue weighted by Gasteiger charge is 2.34. The Kier molecular flexibility index (Phi) is 4.67. The molecule has 32 heavy (non-hydrogen) atoms. The first-order valence-electron chi connectivity index (χ1n) is 10.1. The van der Waals surface area contributed by atoms with Gasteiger partial charge in [0.15, 0.2) is 5.69 Å². The fraction of sp³-hybridized carbons (Fsp3) is 0.0833. The number of H-pyrrole nitrogens is 1. The summed E-state index contributed by atoms with van der Waals surface area (Å²) in [5.74, 6) is -0.921. The number of nitrogens with two attached hydrogens (primary N) is 1. The molecule has 0 bridgehead atoms. The number of nitrogens with one attached hydrogen (secondary N) is 1. The van der Waals surface area contributed by atoms with Crippen molar-refractivity contribution in [2.45, 2.75) is 6.42 Å². The van der Waals surface area contributed by atoms with E-state index in [-0.39, 0.29) is 17.2 Å². The van der Waals surface area contributed by atoms with Crippen LogP contribution in [-0.4, -0.2) is 33.1 Å². The van der Waals surface area contributed by atoms with Crippen molar-refractivity contribution in [2.75, 3.05) is 11.4 Å². The molecule has 1 aliphatic rings. The maximum Gasteiger partial charge on any atom is 0.277 e. The lowest BCUT2D eigenvalue weighted by atomic mass is 10.0. The SMILES string of the molecule is NC(=O)c1nn(-c2ccccc2)c2c1CCN(c1ccc(-c3ccc[nH]c3=O)cc1)C2=O. The fourth-order valence-electron chi connectivity index (χ4n) is 4.03. The molecule has 2 aromatic carbocycles. The van der Waals surface area contributed by atoms with Crippen LogP contribution < -0.4 is 16.2 Å². The van der Waals surface area contributed by atoms with Gasteiger partial charge in [0, 0.05) is 29.6 Å². The van der Waals surface area contributed by atoms with Crippen molar-refractivity contribution in [3.05, 3.63) is 100 Å². The Morgan fingerprint density at radius 2 is 1.69 bits per heavy atom. The van der Waals surface area contributed by atoms with Crippen molar-refractivity contribution in [1.29, 1.82) is 0 Å². The summed E-state index contributed by atoms with van der Waals surface area (Å²) in [6, 6.07) is 19.9. The Labute approximate surface area is 182 Å². The molecule has 8 nitrogen and oxygen atoms in total. The van der Waals surface area contributed by atoms with Gasteiger partial charge < -0.3 is 15.6 Å². The van der Waals surface area contributed by atoms with Gasteiger partial charge in [0.1, 0.15) is 5.69 Å². The van der Waals surface area contributed by atoms with Crippen LogP contribution in [0.1, 0.15) is 26.5 Å². The van der Waals surface area contributed by atoms with Crippen LogP contribution in [0.25, 0.3) is 16.8 Å². The molecule has 2 amide bonds. The van der Waals surface area contributed by atoms with Crippen LogP contribution in [0.3, 0.4) is 0 Å². The predicted molar refractivity (Wildman–Crippen MR) is 120 cm³/mol. The van der Waals surface area contributed by atoms with Gasteiger partial charge in [-0.1, -0.05) is 30.3 Å². The number of benzene rings is 2. The highest BCUT2D eigenvalue weighted by molar-refractivity contribution is 6.09. The molecule has 0 saturated carbocycles. The highest BCUT2D eigenvalue weighted by Crippen LogP contribution is 2.29. The van der Waals surface area contributed by atoms with E-state index >= 15 is 0 Å². The maximum atomic E-state index is 13.5. The largest absolute Gasteiger partial charge is 0.364 e. The first kappa shape index (κ1) is 19.5. The first-order valence-corrected chi connectivity index (χ1v) is 10.1. The third kappa shape index (κ3) is 3.18. The quantitative estimate of drug-likeness (QED) is 0.523. The van der Waals surface area contributed by atoms with Crippen molar-refractivity contribution in [3.63, 3.8) is 0 Å². The number of pyridine rings is 1. The van der Waals surface area contributed by atoms with E-state index in [1.165, 1.54) is 4.68 Å². The number of nitrogens with zero attached hydrogens (tertiary/aromatic N) is 3. The molecule has 5 rings (SSSR count). The van der Waals surface area contributed by atoms with E-state index < -0.39 is 5.91 Å². The third-order valence-electron chi connectivity index (χ3n) is 5.56. The van der Waals surface area contributed by atoms with Crippen molar-refractivity contribution >= 4 is 17.5 Å². The number of amides is 2. The second-order valence-electron chi connectivity index (χ2n) is 7.45. The van der Waals surface area contributed by atoms with Crippen LogP contribution in [0.5, 0.6) is 0 Å². The van der Waals surface area contributed by atoms with Gasteiger partial charge in [-0.2, -0.15) is 5.10 Å². The van der Waals surface area contributed by atoms with E-state index in [9.17, 15) is 14.4 Å². The Morgan fingerprint density at radius 3 is 2.38 bits per heavy atom. The van der Waals surface area contributed by atoms with E-state index in [1.54, 1.807) is 23.2 Å². The van der Waals surface area contributed by atoms with E-state index in [1.807, 2.05) is 54.6 Å². The van der Waals surface area contributed by atoms with Gasteiger partial charge in [0.05, 0.1) is 5.69 Å². The van der Waals surface area contributed by atoms with Crippen molar-refractivity contribution in [1.82, 2.24) is 14.8 Å². The van der Waals surface area contributed by atoms with E-state index in [0.29, 0.717) is 41.2 Å². The summed E-state index contributed by atoms with van der Waals surface area (Å²) >= 11 is 0. The molecule has 0 atom stereocenters. The minimum atomic E-state index is -0.658. The molecule has 3 N–H and O–H groups in total. The standard InChI is InChI=1S/C24H19N5O3/c25-22(30)20-19-12-14-28(24(32)21(19)29(27-20)17-5-2-1-3-6-17)16-10-8-15(9-11-16)18-7-4-13-26-23(18)31/h1-11,13H,12,14H2,(H2,25,30)(H,26,31). The monoisotopic (exact) mass is 425 g/mol. The van der Waals surface area contributed by atoms with Crippen molar-refractivity contribution in [3.8, 4) is 16.8 Å². The number of carbonyl (C=O) groups is 2. The molecule has 158 valence electrons. The average Bonchev–Trinajstić information content (AvgIpc) is 3.22. The smallest absolute Gasteiger partial charge is 0.277 e. The minimum absolute atomic E-state index is 0.121. The van der Waals surface area contributed by atoms with E-state index in [2.05, 4.69) is 10.1 Å². The lowest BCUT2D eigenvalue weighted by Gasteiger charge is -2.28. The molecule has 3 heterocycles. The normalized spacial score (nSPS) is 13.1. The first-order chi connectivity index (χ1) is 15.5. The summed E-state index contributed by atoms with van der Waals surface area (Å²) in [6.45, 7) is 0.387. The number of para-hydroxylation sites is 1. The maximum absolute atomic E-state index is 13.5. The molecule has 0 saturated heterocycles. The molecule has 0 unspecified atom stereocenters. The molecule has 2 aromatic heterocycles. The Balaban J connectivity index is 1.54. The van der Waals surface area contributed by atoms with Crippen LogP contribution in [0.15, 0.2) is 77.7 Å². The summed E-state index contributed by atoms with van der Waals surface area (Å²) in [5, 5.41) is 4.36. The van der Waals surface area contributed by atoms with Crippen LogP contribution in [0.4, 0.5) is 5.69 Å². The van der Waals surface area contributed by atoms with Gasteiger partial charge in [-0.25, -0.2) is 4.68 Å². The Morgan fingerprint density at radius 1 is 0.938 bits per heavy atom. The zero-order valence-electron chi connectivity index (χ0n) is 17.0. The number of carbonyl (C=O) groups excluding carboxylic acids is 2. The molecular formula is C24H19N5O3. The van der Waals surface area contributed by atoms with Crippen LogP contribution in [0, 0.1) is 0 Å². The molecular weight excluding hydrogens is 406 g/mol. The molecule has 4 aromatic rings. The van der Waals surface area contributed by atoms with Crippen LogP contribution in [-0.2, 0) is 6.42 Å². The molecule has 8 heteroatoms. The second kappa shape index (κ2) is 7.66. The lowest BCUT2D eigenvalue weighted by molar-refractivity contribution is 0.0972. The Bertz CT molecular complexity index is 1390. The molecule has 0 spiro atoms. The van der Waals surface area contributed by atoms with E-state index in [4.69, 9.17) is 5.73 Å². The highest BCUT2D eigenvalue weighted by atomic mass is 16.2. The summed E-state index contributed by atoms with van der Waals surface area (Å²) in [6.07, 6.45) is 2.03. The van der Waals surface area contributed by atoms with Gasteiger partial charge in [-0.05, 0) is 48.4 Å². The van der Waals surface area contributed by atoms with Gasteiger partial charge >= 0.3 is 0 Å². The summed E-state index contributed by atoms with van der Waals surface area (Å²) < 4.78 is 1.49. The van der Waals surface area contributed by atoms with Crippen molar-refractivity contribution in [2.24, 2.45) is 5.73 Å². The number of anilines is 1. The summed E-state index contributed by atoms with van der Waals surface area (Å²) in [7, 11) is 0.